The number of amides is 4. The highest BCUT2D eigenvalue weighted by atomic mass is 16.4. The standard InChI is InChI=1S/C18H29N5O10/c1-7(2)14(23-15(29)8(19)3-4-12(25)26)17(31)21-9(5-11(20)24)16(30)22-10(18(32)33)6-13(27)28/h7-10,14H,3-6,19H2,1-2H3,(H2,20,24)(H,21,31)(H,22,30)(H,23,29)(H,25,26)(H,27,28)(H,32,33). The number of hydrogen-bond donors (Lipinski definition) is 8. The molecule has 0 aliphatic heterocycles. The fourth-order valence-electron chi connectivity index (χ4n) is 2.52. The third kappa shape index (κ3) is 11.4. The number of rotatable bonds is 15. The predicted octanol–water partition coefficient (Wildman–Crippen LogP) is -3.28. The Kier molecular flexibility index (Phi) is 12.1. The second kappa shape index (κ2) is 13.6. The quantitative estimate of drug-likeness (QED) is 0.116. The lowest BCUT2D eigenvalue weighted by molar-refractivity contribution is -0.147. The fourth-order valence-corrected chi connectivity index (χ4v) is 2.52. The molecule has 10 N–H and O–H groups in total. The molecule has 0 aliphatic rings. The Bertz CT molecular complexity index is 785. The molecule has 0 radical (unpaired) electrons. The van der Waals surface area contributed by atoms with Gasteiger partial charge in [0, 0.05) is 6.42 Å². The van der Waals surface area contributed by atoms with E-state index in [1.54, 1.807) is 13.8 Å². The summed E-state index contributed by atoms with van der Waals surface area (Å²) in [5, 5.41) is 32.9. The lowest BCUT2D eigenvalue weighted by Gasteiger charge is -2.26. The summed E-state index contributed by atoms with van der Waals surface area (Å²) >= 11 is 0. The van der Waals surface area contributed by atoms with Crippen LogP contribution in [-0.4, -0.2) is 81.0 Å². The number of primary amides is 1. The number of nitrogens with one attached hydrogen (secondary N) is 3. The highest BCUT2D eigenvalue weighted by Crippen LogP contribution is 2.06. The highest BCUT2D eigenvalue weighted by molar-refractivity contribution is 5.96. The summed E-state index contributed by atoms with van der Waals surface area (Å²) in [5.74, 6) is -8.85. The number of carbonyl (C=O) groups excluding carboxylic acids is 4. The molecule has 0 rings (SSSR count). The lowest BCUT2D eigenvalue weighted by atomic mass is 10.0. The molecule has 0 aliphatic carbocycles. The van der Waals surface area contributed by atoms with E-state index in [0.29, 0.717) is 0 Å². The van der Waals surface area contributed by atoms with Crippen molar-refractivity contribution in [2.24, 2.45) is 17.4 Å². The van der Waals surface area contributed by atoms with Gasteiger partial charge in [0.05, 0.1) is 18.9 Å². The molecule has 0 heterocycles. The molecule has 0 saturated carbocycles. The highest BCUT2D eigenvalue weighted by Gasteiger charge is 2.33. The van der Waals surface area contributed by atoms with Crippen molar-refractivity contribution in [1.82, 2.24) is 16.0 Å². The Morgan fingerprint density at radius 2 is 1.30 bits per heavy atom. The van der Waals surface area contributed by atoms with Crippen LogP contribution < -0.4 is 27.4 Å². The minimum atomic E-state index is -1.84. The van der Waals surface area contributed by atoms with E-state index in [9.17, 15) is 33.6 Å². The zero-order valence-corrected chi connectivity index (χ0v) is 18.1. The second-order valence-electron chi connectivity index (χ2n) is 7.50. The summed E-state index contributed by atoms with van der Waals surface area (Å²) in [6, 6.07) is -5.99. The molecule has 0 fully saturated rings. The van der Waals surface area contributed by atoms with Crippen molar-refractivity contribution in [3.63, 3.8) is 0 Å². The average Bonchev–Trinajstić information content (AvgIpc) is 2.67. The summed E-state index contributed by atoms with van der Waals surface area (Å²) in [6.45, 7) is 3.09. The number of hydrogen-bond acceptors (Lipinski definition) is 8. The van der Waals surface area contributed by atoms with E-state index in [-0.39, 0.29) is 12.8 Å². The minimum absolute atomic E-state index is 0.194. The van der Waals surface area contributed by atoms with Crippen molar-refractivity contribution in [2.45, 2.75) is 63.7 Å². The van der Waals surface area contributed by atoms with Gasteiger partial charge in [-0.05, 0) is 12.3 Å². The fraction of sp³-hybridized carbons (Fsp3) is 0.611. The first kappa shape index (κ1) is 29.2. The van der Waals surface area contributed by atoms with Gasteiger partial charge < -0.3 is 42.7 Å². The first-order chi connectivity index (χ1) is 15.1. The maximum absolute atomic E-state index is 12.7. The van der Waals surface area contributed by atoms with Crippen molar-refractivity contribution in [3.05, 3.63) is 0 Å². The van der Waals surface area contributed by atoms with Crippen molar-refractivity contribution in [2.75, 3.05) is 0 Å². The van der Waals surface area contributed by atoms with E-state index in [0.717, 1.165) is 0 Å². The number of aliphatic carboxylic acids is 3. The van der Waals surface area contributed by atoms with E-state index in [2.05, 4.69) is 10.6 Å². The number of carboxylic acids is 3. The summed E-state index contributed by atoms with van der Waals surface area (Å²) < 4.78 is 0. The van der Waals surface area contributed by atoms with Crippen LogP contribution in [0, 0.1) is 5.92 Å². The van der Waals surface area contributed by atoms with Crippen LogP contribution >= 0.6 is 0 Å². The molecule has 186 valence electrons. The van der Waals surface area contributed by atoms with Gasteiger partial charge in [0.2, 0.25) is 23.6 Å². The number of carbonyl (C=O) groups is 7. The van der Waals surface area contributed by atoms with Crippen LogP contribution in [0.1, 0.15) is 39.5 Å². The normalized spacial score (nSPS) is 14.3. The van der Waals surface area contributed by atoms with E-state index in [1.165, 1.54) is 0 Å². The molecule has 0 aromatic heterocycles. The molecule has 0 bridgehead atoms. The zero-order chi connectivity index (χ0) is 25.9. The van der Waals surface area contributed by atoms with Crippen molar-refractivity contribution in [1.29, 1.82) is 0 Å². The number of carboxylic acid groups (broad SMARTS) is 3. The summed E-state index contributed by atoms with van der Waals surface area (Å²) in [4.78, 5) is 81.2. The van der Waals surface area contributed by atoms with Crippen molar-refractivity contribution < 1.29 is 48.9 Å². The van der Waals surface area contributed by atoms with Crippen molar-refractivity contribution in [3.8, 4) is 0 Å². The first-order valence-corrected chi connectivity index (χ1v) is 9.77. The zero-order valence-electron chi connectivity index (χ0n) is 18.1. The Morgan fingerprint density at radius 3 is 1.73 bits per heavy atom. The summed E-state index contributed by atoms with van der Waals surface area (Å²) in [7, 11) is 0. The minimum Gasteiger partial charge on any atom is -0.481 e. The van der Waals surface area contributed by atoms with Crippen LogP contribution in [-0.2, 0) is 33.6 Å². The molecule has 0 saturated heterocycles. The molecule has 0 aromatic rings. The molecular formula is C18H29N5O10. The van der Waals surface area contributed by atoms with Gasteiger partial charge in [-0.2, -0.15) is 0 Å². The van der Waals surface area contributed by atoms with Crippen LogP contribution in [0.2, 0.25) is 0 Å². The molecule has 15 nitrogen and oxygen atoms in total. The lowest BCUT2D eigenvalue weighted by Crippen LogP contribution is -2.59. The van der Waals surface area contributed by atoms with E-state index in [4.69, 9.17) is 26.8 Å². The molecule has 0 aromatic carbocycles. The van der Waals surface area contributed by atoms with Crippen molar-refractivity contribution >= 4 is 41.5 Å². The van der Waals surface area contributed by atoms with Gasteiger partial charge in [-0.3, -0.25) is 28.8 Å². The van der Waals surface area contributed by atoms with E-state index < -0.39 is 84.5 Å². The monoisotopic (exact) mass is 475 g/mol. The van der Waals surface area contributed by atoms with Gasteiger partial charge in [-0.1, -0.05) is 13.8 Å². The molecule has 4 atom stereocenters. The Morgan fingerprint density at radius 1 is 0.758 bits per heavy atom. The summed E-state index contributed by atoms with van der Waals surface area (Å²) in [6.07, 6.45) is -2.28. The van der Waals surface area contributed by atoms with Gasteiger partial charge >= 0.3 is 17.9 Å². The maximum atomic E-state index is 12.7. The molecule has 0 spiro atoms. The van der Waals surface area contributed by atoms with Gasteiger partial charge in [0.15, 0.2) is 0 Å². The van der Waals surface area contributed by atoms with Crippen LogP contribution in [0.3, 0.4) is 0 Å². The third-order valence-electron chi connectivity index (χ3n) is 4.28. The smallest absolute Gasteiger partial charge is 0.326 e. The largest absolute Gasteiger partial charge is 0.481 e. The topological polar surface area (TPSA) is 268 Å². The summed E-state index contributed by atoms with van der Waals surface area (Å²) in [5.41, 5.74) is 10.7. The van der Waals surface area contributed by atoms with Gasteiger partial charge in [0.25, 0.3) is 0 Å². The molecule has 15 heteroatoms. The van der Waals surface area contributed by atoms with Crippen LogP contribution in [0.15, 0.2) is 0 Å². The van der Waals surface area contributed by atoms with Gasteiger partial charge in [0.1, 0.15) is 18.1 Å². The van der Waals surface area contributed by atoms with Crippen LogP contribution in [0.4, 0.5) is 0 Å². The third-order valence-corrected chi connectivity index (χ3v) is 4.28. The second-order valence-corrected chi connectivity index (χ2v) is 7.50. The van der Waals surface area contributed by atoms with E-state index in [1.807, 2.05) is 5.32 Å². The van der Waals surface area contributed by atoms with Crippen LogP contribution in [0.5, 0.6) is 0 Å². The van der Waals surface area contributed by atoms with E-state index >= 15 is 0 Å². The van der Waals surface area contributed by atoms with Gasteiger partial charge in [-0.25, -0.2) is 4.79 Å². The molecule has 33 heavy (non-hydrogen) atoms. The molecular weight excluding hydrogens is 446 g/mol. The molecule has 4 unspecified atom stereocenters. The van der Waals surface area contributed by atoms with Gasteiger partial charge in [-0.15, -0.1) is 0 Å². The molecule has 4 amide bonds. The SMILES string of the molecule is CC(C)C(NC(=O)C(N)CCC(=O)O)C(=O)NC(CC(N)=O)C(=O)NC(CC(=O)O)C(=O)O. The maximum Gasteiger partial charge on any atom is 0.326 e. The Labute approximate surface area is 188 Å². The Hall–Kier alpha value is -3.75. The number of nitrogens with two attached hydrogens (primary N) is 2. The average molecular weight is 475 g/mol. The first-order valence-electron chi connectivity index (χ1n) is 9.77. The Balaban J connectivity index is 5.44. The van der Waals surface area contributed by atoms with Crippen LogP contribution in [0.25, 0.3) is 0 Å². The predicted molar refractivity (Wildman–Crippen MR) is 109 cm³/mol.